The van der Waals surface area contributed by atoms with Crippen molar-refractivity contribution >= 4 is 17.1 Å². The maximum absolute atomic E-state index is 12.7. The summed E-state index contributed by atoms with van der Waals surface area (Å²) in [5.41, 5.74) is 3.16. The molecule has 1 aromatic carbocycles. The highest BCUT2D eigenvalue weighted by Gasteiger charge is 2.34. The topological polar surface area (TPSA) is 99.9 Å². The molecule has 3 aromatic rings. The first kappa shape index (κ1) is 18.5. The average Bonchev–Trinajstić information content (AvgIpc) is 3.40. The van der Waals surface area contributed by atoms with Crippen LogP contribution in [0.2, 0.25) is 0 Å². The minimum atomic E-state index is -0.145. The molecule has 2 N–H and O–H groups in total. The summed E-state index contributed by atoms with van der Waals surface area (Å²) < 4.78 is 5.41. The summed E-state index contributed by atoms with van der Waals surface area (Å²) in [6.45, 7) is 7.30. The number of nitrogens with one attached hydrogen (secondary N) is 2. The molecule has 3 heterocycles. The second-order valence-electron chi connectivity index (χ2n) is 7.63. The first-order valence-electron chi connectivity index (χ1n) is 9.85. The number of urea groups is 1. The molecule has 1 atom stereocenters. The zero-order valence-corrected chi connectivity index (χ0v) is 16.5. The number of rotatable bonds is 5. The van der Waals surface area contributed by atoms with Gasteiger partial charge in [0.1, 0.15) is 11.9 Å². The van der Waals surface area contributed by atoms with Crippen LogP contribution in [0.25, 0.3) is 11.0 Å². The van der Waals surface area contributed by atoms with Gasteiger partial charge in [-0.25, -0.2) is 9.78 Å². The normalized spacial score (nSPS) is 17.0. The van der Waals surface area contributed by atoms with Crippen LogP contribution in [0.5, 0.6) is 0 Å². The largest absolute Gasteiger partial charge is 0.342 e. The standard InChI is InChI=1S/C20H26N6O2/c1-12(2)18-24-19(28-25-18)15-8-5-11-26(15)20(27)21-10-9-16-22-14-7-4-6-13(3)17(14)23-16/h4,6-7,12,15H,5,8-11H2,1-3H3,(H,21,27)(H,22,23)/t15-/m0/s1. The van der Waals surface area contributed by atoms with Gasteiger partial charge >= 0.3 is 6.03 Å². The Bertz CT molecular complexity index is 976. The molecule has 28 heavy (non-hydrogen) atoms. The van der Waals surface area contributed by atoms with Crippen LogP contribution in [0.15, 0.2) is 22.7 Å². The van der Waals surface area contributed by atoms with Crippen LogP contribution in [0.1, 0.15) is 61.8 Å². The van der Waals surface area contributed by atoms with Gasteiger partial charge < -0.3 is 19.7 Å². The van der Waals surface area contributed by atoms with E-state index in [2.05, 4.69) is 25.4 Å². The van der Waals surface area contributed by atoms with Gasteiger partial charge in [0.25, 0.3) is 0 Å². The molecule has 8 heteroatoms. The number of H-pyrrole nitrogens is 1. The van der Waals surface area contributed by atoms with E-state index in [0.29, 0.717) is 31.2 Å². The van der Waals surface area contributed by atoms with Crippen molar-refractivity contribution in [1.29, 1.82) is 0 Å². The summed E-state index contributed by atoms with van der Waals surface area (Å²) in [6, 6.07) is 5.83. The van der Waals surface area contributed by atoms with Crippen molar-refractivity contribution in [2.45, 2.75) is 52.0 Å². The van der Waals surface area contributed by atoms with Crippen molar-refractivity contribution in [3.8, 4) is 0 Å². The molecule has 1 aliphatic rings. The molecule has 0 spiro atoms. The predicted molar refractivity (Wildman–Crippen MR) is 105 cm³/mol. The van der Waals surface area contributed by atoms with E-state index in [1.807, 2.05) is 39.0 Å². The molecule has 8 nitrogen and oxygen atoms in total. The summed E-state index contributed by atoms with van der Waals surface area (Å²) in [4.78, 5) is 26.9. The van der Waals surface area contributed by atoms with Gasteiger partial charge in [0.15, 0.2) is 5.82 Å². The van der Waals surface area contributed by atoms with E-state index in [0.717, 1.165) is 35.3 Å². The van der Waals surface area contributed by atoms with Crippen molar-refractivity contribution in [2.24, 2.45) is 0 Å². The summed E-state index contributed by atoms with van der Waals surface area (Å²) in [5, 5.41) is 7.03. The van der Waals surface area contributed by atoms with E-state index in [1.54, 1.807) is 4.90 Å². The maximum Gasteiger partial charge on any atom is 0.318 e. The number of para-hydroxylation sites is 1. The van der Waals surface area contributed by atoms with Gasteiger partial charge in [0, 0.05) is 25.4 Å². The lowest BCUT2D eigenvalue weighted by Crippen LogP contribution is -2.40. The maximum atomic E-state index is 12.7. The van der Waals surface area contributed by atoms with E-state index in [-0.39, 0.29) is 18.0 Å². The lowest BCUT2D eigenvalue weighted by Gasteiger charge is -2.22. The Morgan fingerprint density at radius 3 is 3.00 bits per heavy atom. The minimum absolute atomic E-state index is 0.0981. The summed E-state index contributed by atoms with van der Waals surface area (Å²) in [6.07, 6.45) is 2.42. The number of nitrogens with zero attached hydrogens (tertiary/aromatic N) is 4. The van der Waals surface area contributed by atoms with Crippen molar-refractivity contribution in [3.63, 3.8) is 0 Å². The van der Waals surface area contributed by atoms with E-state index >= 15 is 0 Å². The van der Waals surface area contributed by atoms with Crippen LogP contribution in [-0.4, -0.2) is 44.1 Å². The Labute approximate surface area is 163 Å². The van der Waals surface area contributed by atoms with Crippen LogP contribution in [0.4, 0.5) is 4.79 Å². The second-order valence-corrected chi connectivity index (χ2v) is 7.63. The number of benzene rings is 1. The number of hydrogen-bond donors (Lipinski definition) is 2. The number of hydrogen-bond acceptors (Lipinski definition) is 5. The fourth-order valence-electron chi connectivity index (χ4n) is 3.62. The highest BCUT2D eigenvalue weighted by Crippen LogP contribution is 2.31. The molecule has 148 valence electrons. The summed E-state index contributed by atoms with van der Waals surface area (Å²) in [7, 11) is 0. The Kier molecular flexibility index (Phi) is 5.02. The molecule has 2 aromatic heterocycles. The zero-order chi connectivity index (χ0) is 19.7. The fraction of sp³-hybridized carbons (Fsp3) is 0.500. The summed E-state index contributed by atoms with van der Waals surface area (Å²) in [5.74, 6) is 2.29. The monoisotopic (exact) mass is 382 g/mol. The van der Waals surface area contributed by atoms with E-state index in [1.165, 1.54) is 0 Å². The van der Waals surface area contributed by atoms with Crippen molar-refractivity contribution in [1.82, 2.24) is 30.3 Å². The molecule has 0 bridgehead atoms. The Balaban J connectivity index is 1.36. The van der Waals surface area contributed by atoms with E-state index in [9.17, 15) is 4.79 Å². The van der Waals surface area contributed by atoms with Gasteiger partial charge in [-0.3, -0.25) is 0 Å². The molecule has 0 saturated carbocycles. The molecule has 4 rings (SSSR count). The lowest BCUT2D eigenvalue weighted by atomic mass is 10.2. The van der Waals surface area contributed by atoms with Crippen molar-refractivity contribution < 1.29 is 9.32 Å². The molecule has 1 aliphatic heterocycles. The van der Waals surface area contributed by atoms with Gasteiger partial charge in [0.05, 0.1) is 11.0 Å². The number of likely N-dealkylation sites (tertiary alicyclic amines) is 1. The Morgan fingerprint density at radius 1 is 1.39 bits per heavy atom. The molecule has 2 amide bonds. The smallest absolute Gasteiger partial charge is 0.318 e. The van der Waals surface area contributed by atoms with Crippen LogP contribution in [-0.2, 0) is 6.42 Å². The van der Waals surface area contributed by atoms with E-state index < -0.39 is 0 Å². The fourth-order valence-corrected chi connectivity index (χ4v) is 3.62. The first-order valence-corrected chi connectivity index (χ1v) is 9.85. The van der Waals surface area contributed by atoms with Gasteiger partial charge in [-0.2, -0.15) is 4.98 Å². The van der Waals surface area contributed by atoms with Crippen LogP contribution in [0.3, 0.4) is 0 Å². The third-order valence-corrected chi connectivity index (χ3v) is 5.17. The molecule has 0 unspecified atom stereocenters. The number of aromatic amines is 1. The first-order chi connectivity index (χ1) is 13.5. The number of aromatic nitrogens is 4. The molecule has 0 radical (unpaired) electrons. The lowest BCUT2D eigenvalue weighted by molar-refractivity contribution is 0.180. The van der Waals surface area contributed by atoms with Crippen LogP contribution < -0.4 is 5.32 Å². The second kappa shape index (κ2) is 7.61. The quantitative estimate of drug-likeness (QED) is 0.704. The van der Waals surface area contributed by atoms with Gasteiger partial charge in [-0.05, 0) is 31.4 Å². The summed E-state index contributed by atoms with van der Waals surface area (Å²) >= 11 is 0. The van der Waals surface area contributed by atoms with Gasteiger partial charge in [-0.15, -0.1) is 0 Å². The Hall–Kier alpha value is -2.90. The predicted octanol–water partition coefficient (Wildman–Crippen LogP) is 3.47. The molecule has 0 aliphatic carbocycles. The third-order valence-electron chi connectivity index (χ3n) is 5.17. The van der Waals surface area contributed by atoms with E-state index in [4.69, 9.17) is 4.52 Å². The SMILES string of the molecule is Cc1cccc2[nH]c(CCNC(=O)N3CCC[C@H]3c3nc(C(C)C)no3)nc12. The third kappa shape index (κ3) is 3.58. The molecule has 1 fully saturated rings. The molecular weight excluding hydrogens is 356 g/mol. The minimum Gasteiger partial charge on any atom is -0.342 e. The average molecular weight is 382 g/mol. The Morgan fingerprint density at radius 2 is 2.25 bits per heavy atom. The van der Waals surface area contributed by atoms with Crippen molar-refractivity contribution in [2.75, 3.05) is 13.1 Å². The number of fused-ring (bicyclic) bond motifs is 1. The van der Waals surface area contributed by atoms with Gasteiger partial charge in [0.2, 0.25) is 5.89 Å². The number of aryl methyl sites for hydroxylation is 1. The van der Waals surface area contributed by atoms with Gasteiger partial charge in [-0.1, -0.05) is 31.1 Å². The number of imidazole rings is 1. The highest BCUT2D eigenvalue weighted by atomic mass is 16.5. The van der Waals surface area contributed by atoms with Crippen molar-refractivity contribution in [3.05, 3.63) is 41.3 Å². The molecule has 1 saturated heterocycles. The number of carbonyl (C=O) groups is 1. The number of carbonyl (C=O) groups excluding carboxylic acids is 1. The zero-order valence-electron chi connectivity index (χ0n) is 16.5. The number of amides is 2. The van der Waals surface area contributed by atoms with Crippen LogP contribution in [0, 0.1) is 6.92 Å². The molecular formula is C20H26N6O2. The highest BCUT2D eigenvalue weighted by molar-refractivity contribution is 5.78. The van der Waals surface area contributed by atoms with Crippen LogP contribution >= 0.6 is 0 Å².